The minimum Gasteiger partial charge on any atom is -0.383 e. The van der Waals surface area contributed by atoms with Crippen LogP contribution in [0.4, 0.5) is 4.39 Å². The van der Waals surface area contributed by atoms with Crippen LogP contribution in [-0.2, 0) is 16.1 Å². The van der Waals surface area contributed by atoms with Crippen LogP contribution in [0.5, 0.6) is 0 Å². The number of hydrogen-bond donors (Lipinski definition) is 2. The molecule has 0 aliphatic heterocycles. The van der Waals surface area contributed by atoms with Crippen LogP contribution < -0.4 is 10.6 Å². The summed E-state index contributed by atoms with van der Waals surface area (Å²) < 4.78 is 17.7. The number of ether oxygens (including phenoxy) is 1. The van der Waals surface area contributed by atoms with E-state index in [2.05, 4.69) is 10.6 Å². The van der Waals surface area contributed by atoms with Gasteiger partial charge in [0.2, 0.25) is 5.91 Å². The first-order chi connectivity index (χ1) is 8.63. The maximum atomic E-state index is 12.9. The van der Waals surface area contributed by atoms with Crippen LogP contribution in [0.1, 0.15) is 5.56 Å². The summed E-state index contributed by atoms with van der Waals surface area (Å²) >= 11 is 5.63. The Balaban J connectivity index is 2.27. The van der Waals surface area contributed by atoms with E-state index in [-0.39, 0.29) is 17.5 Å². The molecule has 100 valence electrons. The topological polar surface area (TPSA) is 50.4 Å². The van der Waals surface area contributed by atoms with E-state index in [9.17, 15) is 9.18 Å². The molecule has 0 aromatic heterocycles. The monoisotopic (exact) mass is 274 g/mol. The predicted molar refractivity (Wildman–Crippen MR) is 68.0 cm³/mol. The zero-order valence-electron chi connectivity index (χ0n) is 10.1. The summed E-state index contributed by atoms with van der Waals surface area (Å²) in [6.45, 7) is 1.72. The van der Waals surface area contributed by atoms with E-state index in [4.69, 9.17) is 16.3 Å². The predicted octanol–water partition coefficient (Wildman–Crippen LogP) is 1.33. The lowest BCUT2D eigenvalue weighted by Crippen LogP contribution is -2.34. The number of nitrogens with one attached hydrogen (secondary N) is 2. The molecule has 0 atom stereocenters. The third-order valence-electron chi connectivity index (χ3n) is 2.24. The Morgan fingerprint density at radius 1 is 1.50 bits per heavy atom. The van der Waals surface area contributed by atoms with Crippen molar-refractivity contribution in [1.82, 2.24) is 10.6 Å². The molecule has 0 bridgehead atoms. The first-order valence-corrected chi connectivity index (χ1v) is 5.91. The maximum absolute atomic E-state index is 12.9. The van der Waals surface area contributed by atoms with Gasteiger partial charge in [0.05, 0.1) is 18.2 Å². The number of benzene rings is 1. The van der Waals surface area contributed by atoms with Crippen LogP contribution in [-0.4, -0.2) is 32.7 Å². The van der Waals surface area contributed by atoms with Gasteiger partial charge in [-0.25, -0.2) is 4.39 Å². The average molecular weight is 275 g/mol. The van der Waals surface area contributed by atoms with Gasteiger partial charge in [-0.3, -0.25) is 4.79 Å². The Hall–Kier alpha value is -1.17. The lowest BCUT2D eigenvalue weighted by molar-refractivity contribution is -0.120. The van der Waals surface area contributed by atoms with Crippen molar-refractivity contribution in [2.24, 2.45) is 0 Å². The summed E-state index contributed by atoms with van der Waals surface area (Å²) in [6.07, 6.45) is 0. The van der Waals surface area contributed by atoms with Crippen LogP contribution in [0.25, 0.3) is 0 Å². The Morgan fingerprint density at radius 3 is 2.94 bits per heavy atom. The van der Waals surface area contributed by atoms with Crippen LogP contribution in [0, 0.1) is 5.82 Å². The Bertz CT molecular complexity index is 402. The van der Waals surface area contributed by atoms with Crippen molar-refractivity contribution in [3.8, 4) is 0 Å². The number of amides is 1. The maximum Gasteiger partial charge on any atom is 0.234 e. The van der Waals surface area contributed by atoms with E-state index >= 15 is 0 Å². The van der Waals surface area contributed by atoms with E-state index < -0.39 is 5.82 Å². The fourth-order valence-corrected chi connectivity index (χ4v) is 1.49. The Labute approximate surface area is 110 Å². The standard InChI is InChI=1S/C12H16ClFN2O2/c1-18-5-4-15-8-12(17)16-7-9-2-3-11(14)10(13)6-9/h2-3,6,15H,4-5,7-8H2,1H3,(H,16,17). The van der Waals surface area contributed by atoms with Gasteiger partial charge < -0.3 is 15.4 Å². The highest BCUT2D eigenvalue weighted by atomic mass is 35.5. The largest absolute Gasteiger partial charge is 0.383 e. The van der Waals surface area contributed by atoms with Gasteiger partial charge in [0.15, 0.2) is 0 Å². The van der Waals surface area contributed by atoms with Gasteiger partial charge in [-0.2, -0.15) is 0 Å². The normalized spacial score (nSPS) is 10.4. The van der Waals surface area contributed by atoms with Crippen molar-refractivity contribution in [3.05, 3.63) is 34.6 Å². The molecule has 4 nitrogen and oxygen atoms in total. The van der Waals surface area contributed by atoms with Gasteiger partial charge in [-0.15, -0.1) is 0 Å². The van der Waals surface area contributed by atoms with E-state index in [1.54, 1.807) is 13.2 Å². The molecule has 0 saturated carbocycles. The van der Waals surface area contributed by atoms with Gasteiger partial charge in [0, 0.05) is 20.2 Å². The van der Waals surface area contributed by atoms with E-state index in [1.165, 1.54) is 12.1 Å². The quantitative estimate of drug-likeness (QED) is 0.738. The average Bonchev–Trinajstić information content (AvgIpc) is 2.36. The summed E-state index contributed by atoms with van der Waals surface area (Å²) in [5, 5.41) is 5.67. The highest BCUT2D eigenvalue weighted by Crippen LogP contribution is 2.15. The van der Waals surface area contributed by atoms with Crippen molar-refractivity contribution in [2.45, 2.75) is 6.54 Å². The van der Waals surface area contributed by atoms with E-state index in [0.717, 1.165) is 5.56 Å². The molecular weight excluding hydrogens is 259 g/mol. The smallest absolute Gasteiger partial charge is 0.234 e. The Morgan fingerprint density at radius 2 is 2.28 bits per heavy atom. The third kappa shape index (κ3) is 5.44. The van der Waals surface area contributed by atoms with Gasteiger partial charge in [-0.05, 0) is 17.7 Å². The second-order valence-corrected chi connectivity index (χ2v) is 4.10. The fourth-order valence-electron chi connectivity index (χ4n) is 1.29. The van der Waals surface area contributed by atoms with Gasteiger partial charge in [0.1, 0.15) is 5.82 Å². The van der Waals surface area contributed by atoms with Crippen LogP contribution in [0.2, 0.25) is 5.02 Å². The summed E-state index contributed by atoms with van der Waals surface area (Å²) in [5.74, 6) is -0.598. The third-order valence-corrected chi connectivity index (χ3v) is 2.53. The molecule has 0 saturated heterocycles. The molecule has 1 amide bonds. The highest BCUT2D eigenvalue weighted by molar-refractivity contribution is 6.30. The molecule has 18 heavy (non-hydrogen) atoms. The zero-order chi connectivity index (χ0) is 13.4. The lowest BCUT2D eigenvalue weighted by atomic mass is 10.2. The summed E-state index contributed by atoms with van der Waals surface area (Å²) in [4.78, 5) is 11.4. The molecule has 0 aliphatic carbocycles. The van der Waals surface area contributed by atoms with Gasteiger partial charge in [-0.1, -0.05) is 17.7 Å². The molecule has 1 aromatic carbocycles. The lowest BCUT2D eigenvalue weighted by Gasteiger charge is -2.07. The molecule has 0 unspecified atom stereocenters. The van der Waals surface area contributed by atoms with Crippen LogP contribution >= 0.6 is 11.6 Å². The minimum atomic E-state index is -0.465. The SMILES string of the molecule is COCCNCC(=O)NCc1ccc(F)c(Cl)c1. The van der Waals surface area contributed by atoms with Gasteiger partial charge >= 0.3 is 0 Å². The second kappa shape index (κ2) is 8.02. The number of carbonyl (C=O) groups is 1. The second-order valence-electron chi connectivity index (χ2n) is 3.69. The first-order valence-electron chi connectivity index (χ1n) is 5.53. The number of rotatable bonds is 7. The number of carbonyl (C=O) groups excluding carboxylic acids is 1. The summed E-state index contributed by atoms with van der Waals surface area (Å²) in [6, 6.07) is 4.36. The van der Waals surface area contributed by atoms with Gasteiger partial charge in [0.25, 0.3) is 0 Å². The molecule has 1 aromatic rings. The van der Waals surface area contributed by atoms with E-state index in [0.29, 0.717) is 19.7 Å². The van der Waals surface area contributed by atoms with Crippen molar-refractivity contribution in [1.29, 1.82) is 0 Å². The molecule has 0 heterocycles. The fraction of sp³-hybridized carbons (Fsp3) is 0.417. The van der Waals surface area contributed by atoms with Crippen molar-refractivity contribution >= 4 is 17.5 Å². The van der Waals surface area contributed by atoms with Crippen molar-refractivity contribution in [2.75, 3.05) is 26.8 Å². The molecule has 0 fully saturated rings. The Kier molecular flexibility index (Phi) is 6.64. The first kappa shape index (κ1) is 14.9. The van der Waals surface area contributed by atoms with Crippen molar-refractivity contribution in [3.63, 3.8) is 0 Å². The number of methoxy groups -OCH3 is 1. The number of halogens is 2. The molecule has 0 spiro atoms. The molecule has 2 N–H and O–H groups in total. The summed E-state index contributed by atoms with van der Waals surface area (Å²) in [7, 11) is 1.60. The molecule has 1 rings (SSSR count). The van der Waals surface area contributed by atoms with Crippen LogP contribution in [0.3, 0.4) is 0 Å². The minimum absolute atomic E-state index is 0.0555. The molecule has 6 heteroatoms. The zero-order valence-corrected chi connectivity index (χ0v) is 10.9. The highest BCUT2D eigenvalue weighted by Gasteiger charge is 2.03. The number of hydrogen-bond acceptors (Lipinski definition) is 3. The molecular formula is C12H16ClFN2O2. The molecule has 0 aliphatic rings. The molecule has 0 radical (unpaired) electrons. The summed E-state index contributed by atoms with van der Waals surface area (Å²) in [5.41, 5.74) is 0.756. The van der Waals surface area contributed by atoms with Crippen LogP contribution in [0.15, 0.2) is 18.2 Å². The van der Waals surface area contributed by atoms with E-state index in [1.807, 2.05) is 0 Å². The van der Waals surface area contributed by atoms with Crippen molar-refractivity contribution < 1.29 is 13.9 Å².